The summed E-state index contributed by atoms with van der Waals surface area (Å²) in [6.07, 6.45) is 0.986. The van der Waals surface area contributed by atoms with Crippen molar-refractivity contribution in [2.24, 2.45) is 0 Å². The van der Waals surface area contributed by atoms with Crippen LogP contribution in [0.15, 0.2) is 24.3 Å². The highest BCUT2D eigenvalue weighted by Gasteiger charge is 2.29. The standard InChI is InChI=1S/C19H29N3O4/c1-21(2)19(25)13-22-11-10-16(17(23)12-22)20-18(24)9-6-14-4-7-15(26-3)8-5-14/h4-5,7-8,16-17,23H,6,9-13H2,1-3H3,(H,20,24). The Morgan fingerprint density at radius 1 is 1.31 bits per heavy atom. The number of hydrogen-bond acceptors (Lipinski definition) is 5. The van der Waals surface area contributed by atoms with Crippen LogP contribution in [0.5, 0.6) is 5.75 Å². The van der Waals surface area contributed by atoms with Crippen LogP contribution in [0.4, 0.5) is 0 Å². The van der Waals surface area contributed by atoms with Gasteiger partial charge in [0.25, 0.3) is 0 Å². The number of aliphatic hydroxyl groups excluding tert-OH is 1. The Hall–Kier alpha value is -2.12. The number of carbonyl (C=O) groups excluding carboxylic acids is 2. The topological polar surface area (TPSA) is 82.1 Å². The van der Waals surface area contributed by atoms with E-state index in [-0.39, 0.29) is 17.9 Å². The number of rotatable bonds is 7. The van der Waals surface area contributed by atoms with E-state index in [2.05, 4.69) is 5.32 Å². The molecule has 2 atom stereocenters. The van der Waals surface area contributed by atoms with Gasteiger partial charge in [-0.05, 0) is 30.5 Å². The maximum Gasteiger partial charge on any atom is 0.236 e. The van der Waals surface area contributed by atoms with Crippen molar-refractivity contribution in [3.63, 3.8) is 0 Å². The van der Waals surface area contributed by atoms with Crippen LogP contribution in [-0.2, 0) is 16.0 Å². The maximum atomic E-state index is 12.2. The van der Waals surface area contributed by atoms with Gasteiger partial charge in [-0.15, -0.1) is 0 Å². The van der Waals surface area contributed by atoms with Gasteiger partial charge in [0.05, 0.1) is 25.8 Å². The summed E-state index contributed by atoms with van der Waals surface area (Å²) >= 11 is 0. The molecule has 0 bridgehead atoms. The Kier molecular flexibility index (Phi) is 7.41. The SMILES string of the molecule is COc1ccc(CCC(=O)NC2CCN(CC(=O)N(C)C)CC2O)cc1. The number of carbonyl (C=O) groups is 2. The van der Waals surface area contributed by atoms with E-state index in [1.807, 2.05) is 29.2 Å². The molecule has 0 radical (unpaired) electrons. The molecule has 2 N–H and O–H groups in total. The highest BCUT2D eigenvalue weighted by molar-refractivity contribution is 5.78. The number of nitrogens with zero attached hydrogens (tertiary/aromatic N) is 2. The van der Waals surface area contributed by atoms with Crippen LogP contribution in [0, 0.1) is 0 Å². The number of nitrogens with one attached hydrogen (secondary N) is 1. The lowest BCUT2D eigenvalue weighted by atomic mass is 10.0. The van der Waals surface area contributed by atoms with Crippen LogP contribution >= 0.6 is 0 Å². The minimum atomic E-state index is -0.663. The zero-order chi connectivity index (χ0) is 19.1. The lowest BCUT2D eigenvalue weighted by Crippen LogP contribution is -2.55. The Morgan fingerprint density at radius 3 is 2.58 bits per heavy atom. The van der Waals surface area contributed by atoms with Gasteiger partial charge < -0.3 is 20.1 Å². The minimum Gasteiger partial charge on any atom is -0.497 e. The molecular weight excluding hydrogens is 334 g/mol. The molecule has 2 unspecified atom stereocenters. The molecule has 1 fully saturated rings. The molecular formula is C19H29N3O4. The number of amides is 2. The van der Waals surface area contributed by atoms with Gasteiger partial charge in [-0.25, -0.2) is 0 Å². The molecule has 1 aliphatic heterocycles. The number of β-amino-alcohol motifs (C(OH)–C–C–N with tert-alkyl or cyclic N) is 1. The molecule has 1 aliphatic rings. The Morgan fingerprint density at radius 2 is 2.00 bits per heavy atom. The molecule has 26 heavy (non-hydrogen) atoms. The second kappa shape index (κ2) is 9.54. The number of aryl methyl sites for hydroxylation is 1. The summed E-state index contributed by atoms with van der Waals surface area (Å²) < 4.78 is 5.12. The van der Waals surface area contributed by atoms with Crippen molar-refractivity contribution in [1.82, 2.24) is 15.1 Å². The molecule has 0 aliphatic carbocycles. The summed E-state index contributed by atoms with van der Waals surface area (Å²) in [6.45, 7) is 1.37. The fourth-order valence-corrected chi connectivity index (χ4v) is 2.97. The van der Waals surface area contributed by atoms with E-state index in [4.69, 9.17) is 4.74 Å². The zero-order valence-electron chi connectivity index (χ0n) is 15.8. The molecule has 1 aromatic carbocycles. The van der Waals surface area contributed by atoms with Gasteiger partial charge in [0, 0.05) is 33.6 Å². The van der Waals surface area contributed by atoms with E-state index in [0.717, 1.165) is 11.3 Å². The van der Waals surface area contributed by atoms with E-state index in [1.165, 1.54) is 0 Å². The number of hydrogen-bond donors (Lipinski definition) is 2. The third-order valence-electron chi connectivity index (χ3n) is 4.67. The third kappa shape index (κ3) is 6.00. The van der Waals surface area contributed by atoms with Crippen molar-refractivity contribution in [3.8, 4) is 5.75 Å². The largest absolute Gasteiger partial charge is 0.497 e. The van der Waals surface area contributed by atoms with Gasteiger partial charge in [0.2, 0.25) is 11.8 Å². The van der Waals surface area contributed by atoms with Gasteiger partial charge in [0.15, 0.2) is 0 Å². The first kappa shape index (κ1) is 20.2. The lowest BCUT2D eigenvalue weighted by molar-refractivity contribution is -0.131. The molecule has 2 rings (SSSR count). The number of benzene rings is 1. The fraction of sp³-hybridized carbons (Fsp3) is 0.579. The van der Waals surface area contributed by atoms with E-state index < -0.39 is 6.10 Å². The molecule has 0 aromatic heterocycles. The van der Waals surface area contributed by atoms with Crippen LogP contribution in [-0.4, -0.2) is 79.7 Å². The number of likely N-dealkylation sites (tertiary alicyclic amines) is 1. The Bertz CT molecular complexity index is 603. The summed E-state index contributed by atoms with van der Waals surface area (Å²) in [7, 11) is 5.05. The molecule has 7 nitrogen and oxygen atoms in total. The van der Waals surface area contributed by atoms with Crippen LogP contribution < -0.4 is 10.1 Å². The first-order valence-corrected chi connectivity index (χ1v) is 8.92. The van der Waals surface area contributed by atoms with Crippen molar-refractivity contribution < 1.29 is 19.4 Å². The third-order valence-corrected chi connectivity index (χ3v) is 4.67. The predicted octanol–water partition coefficient (Wildman–Crippen LogP) is 0.267. The van der Waals surface area contributed by atoms with E-state index in [9.17, 15) is 14.7 Å². The van der Waals surface area contributed by atoms with Gasteiger partial charge in [-0.2, -0.15) is 0 Å². The predicted molar refractivity (Wildman–Crippen MR) is 99.0 cm³/mol. The van der Waals surface area contributed by atoms with Gasteiger partial charge in [0.1, 0.15) is 5.75 Å². The number of ether oxygens (including phenoxy) is 1. The highest BCUT2D eigenvalue weighted by atomic mass is 16.5. The number of methoxy groups -OCH3 is 1. The maximum absolute atomic E-state index is 12.2. The van der Waals surface area contributed by atoms with E-state index in [0.29, 0.717) is 38.9 Å². The number of likely N-dealkylation sites (N-methyl/N-ethyl adjacent to an activating group) is 1. The molecule has 1 heterocycles. The lowest BCUT2D eigenvalue weighted by Gasteiger charge is -2.36. The van der Waals surface area contributed by atoms with Crippen LogP contribution in [0.2, 0.25) is 0 Å². The fourth-order valence-electron chi connectivity index (χ4n) is 2.97. The molecule has 144 valence electrons. The van der Waals surface area contributed by atoms with Gasteiger partial charge in [-0.1, -0.05) is 12.1 Å². The molecule has 2 amide bonds. The first-order chi connectivity index (χ1) is 12.4. The van der Waals surface area contributed by atoms with Crippen molar-refractivity contribution in [3.05, 3.63) is 29.8 Å². The van der Waals surface area contributed by atoms with E-state index in [1.54, 1.807) is 26.1 Å². The minimum absolute atomic E-state index is 0.0131. The second-order valence-electron chi connectivity index (χ2n) is 6.90. The summed E-state index contributed by atoms with van der Waals surface area (Å²) in [5.41, 5.74) is 1.07. The van der Waals surface area contributed by atoms with Crippen molar-refractivity contribution in [2.75, 3.05) is 40.8 Å². The first-order valence-electron chi connectivity index (χ1n) is 8.92. The Balaban J connectivity index is 1.74. The quantitative estimate of drug-likeness (QED) is 0.727. The molecule has 1 aromatic rings. The zero-order valence-corrected chi connectivity index (χ0v) is 15.8. The smallest absolute Gasteiger partial charge is 0.236 e. The normalized spacial score (nSPS) is 20.5. The summed E-state index contributed by atoms with van der Waals surface area (Å²) in [4.78, 5) is 27.4. The molecule has 0 spiro atoms. The summed E-state index contributed by atoms with van der Waals surface area (Å²) in [5, 5.41) is 13.2. The van der Waals surface area contributed by atoms with Crippen molar-refractivity contribution in [2.45, 2.75) is 31.4 Å². The molecule has 0 saturated carbocycles. The van der Waals surface area contributed by atoms with Gasteiger partial charge >= 0.3 is 0 Å². The summed E-state index contributed by atoms with van der Waals surface area (Å²) in [5.74, 6) is 0.739. The van der Waals surface area contributed by atoms with Crippen LogP contribution in [0.1, 0.15) is 18.4 Å². The monoisotopic (exact) mass is 363 g/mol. The van der Waals surface area contributed by atoms with Crippen LogP contribution in [0.25, 0.3) is 0 Å². The van der Waals surface area contributed by atoms with Crippen molar-refractivity contribution >= 4 is 11.8 Å². The van der Waals surface area contributed by atoms with E-state index >= 15 is 0 Å². The number of piperidine rings is 1. The molecule has 1 saturated heterocycles. The average molecular weight is 363 g/mol. The van der Waals surface area contributed by atoms with Crippen molar-refractivity contribution in [1.29, 1.82) is 0 Å². The number of aliphatic hydroxyl groups is 1. The second-order valence-corrected chi connectivity index (χ2v) is 6.90. The molecule has 7 heteroatoms. The highest BCUT2D eigenvalue weighted by Crippen LogP contribution is 2.14. The van der Waals surface area contributed by atoms with Crippen LogP contribution in [0.3, 0.4) is 0 Å². The van der Waals surface area contributed by atoms with Gasteiger partial charge in [-0.3, -0.25) is 14.5 Å². The Labute approximate surface area is 154 Å². The average Bonchev–Trinajstić information content (AvgIpc) is 2.62. The summed E-state index contributed by atoms with van der Waals surface area (Å²) in [6, 6.07) is 7.38.